The van der Waals surface area contributed by atoms with Crippen molar-refractivity contribution in [1.82, 2.24) is 4.90 Å². The molecule has 1 aliphatic heterocycles. The van der Waals surface area contributed by atoms with Crippen LogP contribution >= 0.6 is 12.6 Å². The third-order valence-corrected chi connectivity index (χ3v) is 10.4. The van der Waals surface area contributed by atoms with Crippen LogP contribution in [0.5, 0.6) is 5.75 Å². The third-order valence-electron chi connectivity index (χ3n) is 10.0. The number of morpholine rings is 1. The summed E-state index contributed by atoms with van der Waals surface area (Å²) in [5, 5.41) is -0.720. The lowest BCUT2D eigenvalue weighted by atomic mass is 9.43. The number of hydrogen-bond donors (Lipinski definition) is 1. The summed E-state index contributed by atoms with van der Waals surface area (Å²) in [5.74, 6) is 3.53. The molecule has 6 unspecified atom stereocenters. The van der Waals surface area contributed by atoms with Gasteiger partial charge in [0.1, 0.15) is 11.5 Å². The summed E-state index contributed by atoms with van der Waals surface area (Å²) in [6.45, 7) is 20.0. The van der Waals surface area contributed by atoms with Gasteiger partial charge in [-0.3, -0.25) is 4.79 Å². The smallest absolute Gasteiger partial charge is 0.410 e. The Kier molecular flexibility index (Phi) is 15.9. The van der Waals surface area contributed by atoms with Crippen LogP contribution in [0, 0.1) is 24.2 Å². The fourth-order valence-electron chi connectivity index (χ4n) is 7.35. The molecule has 3 aliphatic carbocycles. The molecule has 1 amide bonds. The first-order chi connectivity index (χ1) is 21.3. The molecule has 4 aliphatic rings. The number of fused-ring (bicyclic) bond motifs is 5. The minimum Gasteiger partial charge on any atom is -0.410 e. The zero-order valence-electron chi connectivity index (χ0n) is 28.9. The Balaban J connectivity index is 0.000000398. The minimum atomic E-state index is -0.720. The van der Waals surface area contributed by atoms with E-state index in [4.69, 9.17) is 33.0 Å². The Morgan fingerprint density at radius 3 is 2.49 bits per heavy atom. The molecule has 0 N–H and O–H groups in total. The Hall–Kier alpha value is -1.60. The van der Waals surface area contributed by atoms with Gasteiger partial charge in [0.15, 0.2) is 0 Å². The van der Waals surface area contributed by atoms with Gasteiger partial charge in [0.05, 0.1) is 42.8 Å². The van der Waals surface area contributed by atoms with Gasteiger partial charge in [0, 0.05) is 18.4 Å². The second-order valence-electron chi connectivity index (χ2n) is 13.6. The van der Waals surface area contributed by atoms with Crippen molar-refractivity contribution in [3.63, 3.8) is 0 Å². The maximum atomic E-state index is 12.7. The monoisotopic (exact) mass is 631 g/mol. The molecule has 0 aromatic heterocycles. The summed E-state index contributed by atoms with van der Waals surface area (Å²) in [6.07, 6.45) is 8.77. The van der Waals surface area contributed by atoms with Crippen molar-refractivity contribution in [3.8, 4) is 5.75 Å². The SMILES string of the molecule is C=C.CCC.Cc1cc2c(cc1OC(=O)N1CCOC(C)C1)CCC1C2CCC2(C)C(=O)CCC12.[B]C(C)C([B])([B])CCCS. The van der Waals surface area contributed by atoms with Crippen LogP contribution in [-0.2, 0) is 16.0 Å². The van der Waals surface area contributed by atoms with E-state index in [1.807, 2.05) is 20.8 Å². The molecule has 2 saturated carbocycles. The lowest BCUT2D eigenvalue weighted by Gasteiger charge is -2.48. The molecule has 3 fully saturated rings. The third kappa shape index (κ3) is 9.95. The normalized spacial score (nSPS) is 27.4. The van der Waals surface area contributed by atoms with E-state index in [0.717, 1.165) is 62.7 Å². The molecule has 1 aromatic rings. The van der Waals surface area contributed by atoms with Crippen LogP contribution in [0.2, 0.25) is 11.0 Å². The van der Waals surface area contributed by atoms with Gasteiger partial charge < -0.3 is 14.4 Å². The number of hydrogen-bond acceptors (Lipinski definition) is 5. The van der Waals surface area contributed by atoms with Crippen LogP contribution in [-0.4, -0.2) is 71.9 Å². The Morgan fingerprint density at radius 1 is 1.22 bits per heavy atom. The average Bonchev–Trinajstić information content (AvgIpc) is 3.32. The minimum absolute atomic E-state index is 0.0484. The maximum absolute atomic E-state index is 12.7. The average molecular weight is 631 g/mol. The van der Waals surface area contributed by atoms with Crippen molar-refractivity contribution in [3.05, 3.63) is 42.0 Å². The van der Waals surface area contributed by atoms with Crippen LogP contribution in [0.3, 0.4) is 0 Å². The van der Waals surface area contributed by atoms with Crippen molar-refractivity contribution in [2.75, 3.05) is 25.4 Å². The second-order valence-corrected chi connectivity index (χ2v) is 14.0. The van der Waals surface area contributed by atoms with Crippen LogP contribution in [0.15, 0.2) is 25.3 Å². The van der Waals surface area contributed by atoms with Gasteiger partial charge in [-0.25, -0.2) is 4.79 Å². The van der Waals surface area contributed by atoms with E-state index in [9.17, 15) is 9.59 Å². The lowest BCUT2D eigenvalue weighted by molar-refractivity contribution is -0.129. The largest absolute Gasteiger partial charge is 0.415 e. The summed E-state index contributed by atoms with van der Waals surface area (Å²) >= 11 is 4.05. The van der Waals surface area contributed by atoms with E-state index < -0.39 is 5.21 Å². The first-order valence-electron chi connectivity index (χ1n) is 17.0. The van der Waals surface area contributed by atoms with E-state index in [1.54, 1.807) is 4.90 Å². The van der Waals surface area contributed by atoms with Gasteiger partial charge in [-0.2, -0.15) is 12.6 Å². The van der Waals surface area contributed by atoms with Gasteiger partial charge in [-0.05, 0) is 98.6 Å². The Morgan fingerprint density at radius 2 is 1.89 bits per heavy atom. The van der Waals surface area contributed by atoms with E-state index in [-0.39, 0.29) is 23.4 Å². The summed E-state index contributed by atoms with van der Waals surface area (Å²) in [7, 11) is 16.9. The fourth-order valence-corrected chi connectivity index (χ4v) is 7.51. The first kappa shape index (κ1) is 39.6. The van der Waals surface area contributed by atoms with Crippen molar-refractivity contribution in [2.45, 2.75) is 122 Å². The summed E-state index contributed by atoms with van der Waals surface area (Å²) in [5.41, 5.74) is 3.70. The molecule has 45 heavy (non-hydrogen) atoms. The van der Waals surface area contributed by atoms with E-state index in [0.29, 0.717) is 49.0 Å². The van der Waals surface area contributed by atoms with Gasteiger partial charge in [0.25, 0.3) is 0 Å². The predicted molar refractivity (Wildman–Crippen MR) is 193 cm³/mol. The molecular weight excluding hydrogens is 575 g/mol. The quantitative estimate of drug-likeness (QED) is 0.204. The lowest BCUT2D eigenvalue weighted by Crippen LogP contribution is -2.45. The number of ether oxygens (including phenoxy) is 2. The Labute approximate surface area is 284 Å². The highest BCUT2D eigenvalue weighted by Gasteiger charge is 2.54. The fraction of sp³-hybridized carbons (Fsp3) is 0.722. The number of Topliss-reactive ketones (excluding diaryl/α,β-unsaturated/α-hetero) is 1. The van der Waals surface area contributed by atoms with Crippen LogP contribution < -0.4 is 4.74 Å². The summed E-state index contributed by atoms with van der Waals surface area (Å²) in [4.78, 5) is 26.9. The van der Waals surface area contributed by atoms with Crippen molar-refractivity contribution < 1.29 is 19.1 Å². The van der Waals surface area contributed by atoms with Gasteiger partial charge in [-0.15, -0.1) is 18.4 Å². The molecule has 244 valence electrons. The highest BCUT2D eigenvalue weighted by molar-refractivity contribution is 7.80. The molecular formula is C36H56B3NO4S. The highest BCUT2D eigenvalue weighted by Crippen LogP contribution is 2.59. The number of amides is 1. The van der Waals surface area contributed by atoms with Crippen molar-refractivity contribution in [1.29, 1.82) is 0 Å². The molecule has 0 bridgehead atoms. The summed E-state index contributed by atoms with van der Waals surface area (Å²) < 4.78 is 11.4. The first-order valence-corrected chi connectivity index (χ1v) is 17.6. The number of carbonyl (C=O) groups is 2. The number of nitrogens with zero attached hydrogens (tertiary/aromatic N) is 1. The molecule has 1 saturated heterocycles. The van der Waals surface area contributed by atoms with E-state index >= 15 is 0 Å². The van der Waals surface area contributed by atoms with E-state index in [2.05, 4.69) is 58.7 Å². The standard InChI is InChI=1S/C25H33NO4.C6H11B3S.C3H8.C2H4/c1-15-12-20-17(13-22(15)30-24(28)26-10-11-29-16(2)14-26)4-5-19-18(20)8-9-25(3)21(19)6-7-23(25)27;1-5(7)6(8,9)3-2-4-10;1-3-2;1-2/h12-13,16,18-19,21H,4-11,14H2,1-3H3;5,10H,2-4H2,1H3;3H2,1-2H3;1-2H2. The summed E-state index contributed by atoms with van der Waals surface area (Å²) in [6, 6.07) is 4.37. The molecule has 5 nitrogen and oxygen atoms in total. The van der Waals surface area contributed by atoms with Crippen molar-refractivity contribution >= 4 is 48.0 Å². The number of ketones is 1. The molecule has 9 heteroatoms. The second kappa shape index (κ2) is 18.1. The van der Waals surface area contributed by atoms with Gasteiger partial charge in [-0.1, -0.05) is 52.4 Å². The Bertz CT molecular complexity index is 1120. The van der Waals surface area contributed by atoms with Crippen LogP contribution in [0.4, 0.5) is 4.79 Å². The molecule has 6 radical (unpaired) electrons. The van der Waals surface area contributed by atoms with Crippen molar-refractivity contribution in [2.24, 2.45) is 17.3 Å². The van der Waals surface area contributed by atoms with Gasteiger partial charge in [0.2, 0.25) is 0 Å². The molecule has 1 aromatic carbocycles. The number of carbonyl (C=O) groups excluding carboxylic acids is 2. The molecule has 0 spiro atoms. The maximum Gasteiger partial charge on any atom is 0.415 e. The topological polar surface area (TPSA) is 55.8 Å². The molecule has 6 atom stereocenters. The zero-order chi connectivity index (χ0) is 33.9. The van der Waals surface area contributed by atoms with E-state index in [1.165, 1.54) is 17.5 Å². The predicted octanol–water partition coefficient (Wildman–Crippen LogP) is 7.98. The molecule has 1 heterocycles. The van der Waals surface area contributed by atoms with Gasteiger partial charge >= 0.3 is 6.09 Å². The number of aryl methyl sites for hydroxylation is 2. The highest BCUT2D eigenvalue weighted by atomic mass is 32.1. The number of rotatable bonds is 5. The number of thiol groups is 1. The van der Waals surface area contributed by atoms with Crippen LogP contribution in [0.25, 0.3) is 0 Å². The van der Waals surface area contributed by atoms with Crippen LogP contribution in [0.1, 0.15) is 109 Å². The number of benzene rings is 1. The zero-order valence-corrected chi connectivity index (χ0v) is 29.8. The molecule has 5 rings (SSSR count).